The number of nitrogen functional groups attached to an aromatic ring is 1. The number of nitrogens with zero attached hydrogens (tertiary/aromatic N) is 4. The van der Waals surface area contributed by atoms with Crippen molar-refractivity contribution in [1.29, 1.82) is 0 Å². The molecule has 0 bridgehead atoms. The number of carbonyl (C=O) groups is 2. The smallest absolute Gasteiger partial charge is 0.284 e. The largest absolute Gasteiger partial charge is 0.508 e. The van der Waals surface area contributed by atoms with Crippen molar-refractivity contribution in [2.75, 3.05) is 62.6 Å². The minimum Gasteiger partial charge on any atom is -0.508 e. The SMILES string of the molecule is COc1cc(Br)c(CC(C)=O)cc1C.COc1cc(Br)c(CC(C)=O)cc1C.COc1cc(Br)c(N)cc1C.COc1cc(Br)c([N+](=O)[O-])cc1C.COc1cc(Br)ccc1C.COc1cc2sc(C)nc2cc1C.COc1cc2sc(C)nc2cc1C.COc1cc2sc(C)nc2cc1O.Cl.Oc1ccc(Br)cc1.[CH3-].[Pd]. The Bertz CT molecular complexity index is 4780. The average Bonchev–Trinajstić information content (AvgIpc) is 1.66. The van der Waals surface area contributed by atoms with Crippen LogP contribution >= 0.6 is 142 Å². The molecule has 0 saturated carbocycles. The Hall–Kier alpha value is -6.98. The van der Waals surface area contributed by atoms with E-state index in [0.29, 0.717) is 34.6 Å². The van der Waals surface area contributed by atoms with E-state index in [-0.39, 0.29) is 63.3 Å². The molecule has 19 nitrogen and oxygen atoms in total. The number of thiazole rings is 3. The Kier molecular flexibility index (Phi) is 47.0. The van der Waals surface area contributed by atoms with Crippen molar-refractivity contribution < 1.29 is 83.0 Å². The van der Waals surface area contributed by atoms with E-state index in [1.807, 2.05) is 117 Å². The summed E-state index contributed by atoms with van der Waals surface area (Å²) in [6.45, 7) is 22.9. The Morgan fingerprint density at radius 2 is 0.714 bits per heavy atom. The number of phenolic OH excluding ortho intramolecular Hbond substituents is 2. The number of carbonyl (C=O) groups excluding carboxylic acids is 2. The van der Waals surface area contributed by atoms with Crippen LogP contribution in [0.15, 0.2) is 154 Å². The monoisotopic (exact) mass is 2080 g/mol. The number of aromatic nitrogens is 3. The molecule has 4 N–H and O–H groups in total. The maximum Gasteiger partial charge on any atom is 0.284 e. The Balaban J connectivity index is 0.000000630. The van der Waals surface area contributed by atoms with Crippen molar-refractivity contribution in [2.24, 2.45) is 0 Å². The Labute approximate surface area is 739 Å². The van der Waals surface area contributed by atoms with Gasteiger partial charge >= 0.3 is 0 Å². The van der Waals surface area contributed by atoms with E-state index in [1.54, 1.807) is 140 Å². The van der Waals surface area contributed by atoms with Crippen LogP contribution < -0.4 is 43.6 Å². The summed E-state index contributed by atoms with van der Waals surface area (Å²) in [7, 11) is 13.1. The molecule has 112 heavy (non-hydrogen) atoms. The first kappa shape index (κ1) is 103. The number of fused-ring (bicyclic) bond motifs is 3. The van der Waals surface area contributed by atoms with Crippen LogP contribution in [0.3, 0.4) is 0 Å². The number of phenols is 2. The minimum atomic E-state index is -0.434. The Morgan fingerprint density at radius 1 is 0.411 bits per heavy atom. The van der Waals surface area contributed by atoms with Gasteiger partial charge in [-0.05, 0) is 250 Å². The molecule has 12 aromatic rings. The number of hydrogen-bond donors (Lipinski definition) is 3. The van der Waals surface area contributed by atoms with E-state index in [1.165, 1.54) is 29.7 Å². The molecule has 30 heteroatoms. The summed E-state index contributed by atoms with van der Waals surface area (Å²) in [6.07, 6.45) is 0.927. The quantitative estimate of drug-likeness (QED) is 0.0319. The van der Waals surface area contributed by atoms with Gasteiger partial charge in [-0.3, -0.25) is 19.7 Å². The van der Waals surface area contributed by atoms with E-state index >= 15 is 0 Å². The third kappa shape index (κ3) is 33.1. The standard InChI is InChI=1S/2C11H13BrO2.2C10H11NOS.C9H9NO2S.C8H8BrNO3.C8H10BrNO.C8H9BrO.C6H5BrO.CH3.ClH.Pd/c2*1-7-4-9(5-8(2)13)10(12)6-11(7)14-3;2*1-6-4-8-10(5-9(6)12-3)13-7(2)11-8;1-5-10-6-3-7(11)8(12-2)4-9(6)13-5;1-5-3-7(10(11)12)6(9)4-8(5)13-2;1-5-3-7(10)6(9)4-8(5)11-2;1-6-3-4-7(9)5-8(6)10-2;7-5-1-3-6(8)4-2-5;;;/h2*4,6H,5H2,1-3H3;2*4-5H,1-3H3;3-4,11H,1-2H3;3-4H,1-2H3;3-4H,10H2,1-2H3;3-5H,1-2H3;1-4,8H;1H3;1H;/q;;;;;;;;;-1;;. The summed E-state index contributed by atoms with van der Waals surface area (Å²) in [5.74, 6) is 7.23. The number of nitro benzene ring substituents is 1. The predicted molar refractivity (Wildman–Crippen MR) is 480 cm³/mol. The number of anilines is 1. The number of ketones is 2. The average molecular weight is 2090 g/mol. The number of benzene rings is 9. The molecule has 0 saturated heterocycles. The molecule has 0 atom stereocenters. The number of halogens is 7. The number of rotatable bonds is 13. The topological polar surface area (TPSA) is 256 Å². The van der Waals surface area contributed by atoms with Crippen molar-refractivity contribution in [3.8, 4) is 57.5 Å². The van der Waals surface area contributed by atoms with E-state index in [2.05, 4.69) is 135 Å². The summed E-state index contributed by atoms with van der Waals surface area (Å²) in [4.78, 5) is 45.1. The van der Waals surface area contributed by atoms with Crippen LogP contribution in [0.2, 0.25) is 0 Å². The second-order valence-electron chi connectivity index (χ2n) is 23.8. The molecule has 9 aromatic carbocycles. The van der Waals surface area contributed by atoms with Crippen LogP contribution in [0, 0.1) is 86.8 Å². The fraction of sp³-hybridized carbons (Fsp3) is 0.268. The second kappa shape index (κ2) is 51.1. The maximum atomic E-state index is 11.0. The molecule has 0 spiro atoms. The molecule has 0 aliphatic heterocycles. The van der Waals surface area contributed by atoms with Crippen molar-refractivity contribution in [1.82, 2.24) is 15.0 Å². The molecule has 0 aliphatic carbocycles. The summed E-state index contributed by atoms with van der Waals surface area (Å²) in [6, 6.07) is 39.0. The normalized spacial score (nSPS) is 9.80. The van der Waals surface area contributed by atoms with Crippen LogP contribution in [-0.2, 0) is 42.9 Å². The first-order valence-corrected chi connectivity index (χ1v) is 40.1. The van der Waals surface area contributed by atoms with Crippen LogP contribution in [-0.4, -0.2) is 98.5 Å². The number of nitrogens with two attached hydrogens (primary N) is 1. The third-order valence-electron chi connectivity index (χ3n) is 15.2. The van der Waals surface area contributed by atoms with Gasteiger partial charge in [-0.15, -0.1) is 46.4 Å². The number of Topliss-reactive ketones (excluding diaryl/α,β-unsaturated/α-hetero) is 2. The fourth-order valence-electron chi connectivity index (χ4n) is 9.85. The number of nitro groups is 1. The van der Waals surface area contributed by atoms with Crippen LogP contribution in [0.4, 0.5) is 11.4 Å². The van der Waals surface area contributed by atoms with Crippen molar-refractivity contribution >= 4 is 196 Å². The zero-order valence-electron chi connectivity index (χ0n) is 65.9. The first-order chi connectivity index (χ1) is 51.4. The second-order valence-corrected chi connectivity index (χ2v) is 32.8. The summed E-state index contributed by atoms with van der Waals surface area (Å²) < 4.78 is 49.6. The van der Waals surface area contributed by atoms with Gasteiger partial charge in [0, 0.05) is 85.6 Å². The molecule has 3 aromatic heterocycles. The molecule has 0 unspecified atom stereocenters. The van der Waals surface area contributed by atoms with Crippen LogP contribution in [0.5, 0.6) is 57.5 Å². The van der Waals surface area contributed by atoms with Gasteiger partial charge in [0.05, 0.1) is 112 Å². The Morgan fingerprint density at radius 3 is 1.06 bits per heavy atom. The summed E-state index contributed by atoms with van der Waals surface area (Å²) in [5, 5.41) is 31.9. The van der Waals surface area contributed by atoms with Gasteiger partial charge < -0.3 is 61.3 Å². The molecule has 0 fully saturated rings. The van der Waals surface area contributed by atoms with Gasteiger partial charge in [0.15, 0.2) is 11.5 Å². The van der Waals surface area contributed by atoms with Crippen molar-refractivity contribution in [2.45, 2.75) is 95.9 Å². The summed E-state index contributed by atoms with van der Waals surface area (Å²) in [5.41, 5.74) is 18.7. The van der Waals surface area contributed by atoms with Crippen LogP contribution in [0.1, 0.15) is 78.9 Å². The number of aryl methyl sites for hydroxylation is 10. The molecule has 12 rings (SSSR count). The fourth-order valence-corrected chi connectivity index (χ4v) is 14.7. The van der Waals surface area contributed by atoms with Crippen molar-refractivity contribution in [3.63, 3.8) is 0 Å². The minimum absolute atomic E-state index is 0. The van der Waals surface area contributed by atoms with Gasteiger partial charge in [0.1, 0.15) is 57.6 Å². The van der Waals surface area contributed by atoms with Crippen molar-refractivity contribution in [3.05, 3.63) is 237 Å². The molecule has 608 valence electrons. The van der Waals surface area contributed by atoms with Gasteiger partial charge in [0.2, 0.25) is 0 Å². The number of hydrogen-bond acceptors (Lipinski definition) is 21. The molecule has 0 radical (unpaired) electrons. The summed E-state index contributed by atoms with van der Waals surface area (Å²) >= 11 is 24.8. The predicted octanol–water partition coefficient (Wildman–Crippen LogP) is 24.8. The number of ether oxygens (including phenoxy) is 8. The number of aromatic hydroxyl groups is 2. The van der Waals surface area contributed by atoms with Gasteiger partial charge in [-0.25, -0.2) is 15.0 Å². The van der Waals surface area contributed by atoms with E-state index in [0.717, 1.165) is 149 Å². The van der Waals surface area contributed by atoms with Gasteiger partial charge in [-0.1, -0.05) is 81.9 Å². The maximum absolute atomic E-state index is 11.0. The molecular formula is C82H93Br6ClN5O14PdS3-. The van der Waals surface area contributed by atoms with Gasteiger partial charge in [0.25, 0.3) is 5.69 Å². The third-order valence-corrected chi connectivity index (χ3v) is 21.8. The van der Waals surface area contributed by atoms with E-state index < -0.39 is 4.92 Å². The zero-order chi connectivity index (χ0) is 81.7. The molecule has 0 aliphatic rings. The molecule has 0 amide bonds. The number of methoxy groups -OCH3 is 8. The first-order valence-electron chi connectivity index (χ1n) is 32.9. The molecule has 3 heterocycles. The van der Waals surface area contributed by atoms with E-state index in [9.17, 15) is 24.8 Å². The van der Waals surface area contributed by atoms with E-state index in [4.69, 9.17) is 48.7 Å². The van der Waals surface area contributed by atoms with Gasteiger partial charge in [-0.2, -0.15) is 0 Å². The molecular weight excluding hydrogens is 2000 g/mol. The zero-order valence-corrected chi connectivity index (χ0v) is 80.3. The van der Waals surface area contributed by atoms with Crippen LogP contribution in [0.25, 0.3) is 30.6 Å².